The van der Waals surface area contributed by atoms with Crippen molar-refractivity contribution in [1.82, 2.24) is 9.55 Å². The summed E-state index contributed by atoms with van der Waals surface area (Å²) in [5.74, 6) is 1.83. The van der Waals surface area contributed by atoms with Crippen LogP contribution in [0.5, 0.6) is 0 Å². The highest BCUT2D eigenvalue weighted by Crippen LogP contribution is 2.28. The maximum Gasteiger partial charge on any atom is 0.112 e. The molecule has 0 bridgehead atoms. The van der Waals surface area contributed by atoms with Crippen molar-refractivity contribution < 1.29 is 0 Å². The van der Waals surface area contributed by atoms with Gasteiger partial charge in [0.25, 0.3) is 0 Å². The van der Waals surface area contributed by atoms with Crippen molar-refractivity contribution in [3.05, 3.63) is 29.6 Å². The Morgan fingerprint density at radius 3 is 2.65 bits per heavy atom. The molecule has 110 valence electrons. The zero-order valence-corrected chi connectivity index (χ0v) is 13.0. The first-order valence-corrected chi connectivity index (χ1v) is 7.94. The summed E-state index contributed by atoms with van der Waals surface area (Å²) in [5.41, 5.74) is 9.24. The second-order valence-corrected chi connectivity index (χ2v) is 5.49. The first kappa shape index (κ1) is 15.0. The predicted octanol–water partition coefficient (Wildman–Crippen LogP) is 4.20. The molecule has 3 nitrogen and oxygen atoms in total. The van der Waals surface area contributed by atoms with Gasteiger partial charge in [0, 0.05) is 19.0 Å². The van der Waals surface area contributed by atoms with E-state index in [2.05, 4.69) is 43.5 Å². The molecule has 2 rings (SSSR count). The number of hydrogen-bond donors (Lipinski definition) is 1. The summed E-state index contributed by atoms with van der Waals surface area (Å²) in [5, 5.41) is 0. The van der Waals surface area contributed by atoms with E-state index in [0.717, 1.165) is 24.0 Å². The summed E-state index contributed by atoms with van der Waals surface area (Å²) in [6.07, 6.45) is 4.92. The normalized spacial score (nSPS) is 13.0. The lowest BCUT2D eigenvalue weighted by Crippen LogP contribution is -2.08. The molecule has 2 aromatic rings. The van der Waals surface area contributed by atoms with E-state index in [1.165, 1.54) is 30.6 Å². The van der Waals surface area contributed by atoms with Crippen LogP contribution in [-0.2, 0) is 13.1 Å². The van der Waals surface area contributed by atoms with Crippen LogP contribution in [0.25, 0.3) is 11.0 Å². The van der Waals surface area contributed by atoms with Crippen LogP contribution in [0.4, 0.5) is 0 Å². The smallest absolute Gasteiger partial charge is 0.112 e. The Hall–Kier alpha value is -1.35. The van der Waals surface area contributed by atoms with Crippen molar-refractivity contribution in [3.63, 3.8) is 0 Å². The number of aryl methyl sites for hydroxylation is 1. The minimum Gasteiger partial charge on any atom is -0.328 e. The summed E-state index contributed by atoms with van der Waals surface area (Å²) >= 11 is 0. The molecule has 0 amide bonds. The molecule has 0 saturated heterocycles. The SMILES string of the molecule is CCCCC(CC)c1nc2cc(CN)ccc2n1CC. The molecule has 1 aromatic carbocycles. The fraction of sp³-hybridized carbons (Fsp3) is 0.588. The van der Waals surface area contributed by atoms with Crippen LogP contribution in [0.15, 0.2) is 18.2 Å². The summed E-state index contributed by atoms with van der Waals surface area (Å²) in [4.78, 5) is 4.92. The van der Waals surface area contributed by atoms with Gasteiger partial charge in [-0.1, -0.05) is 32.8 Å². The first-order chi connectivity index (χ1) is 9.74. The lowest BCUT2D eigenvalue weighted by molar-refractivity contribution is 0.520. The number of benzene rings is 1. The third-order valence-electron chi connectivity index (χ3n) is 4.16. The van der Waals surface area contributed by atoms with Gasteiger partial charge in [-0.15, -0.1) is 0 Å². The topological polar surface area (TPSA) is 43.8 Å². The van der Waals surface area contributed by atoms with E-state index >= 15 is 0 Å². The number of hydrogen-bond acceptors (Lipinski definition) is 2. The predicted molar refractivity (Wildman–Crippen MR) is 85.9 cm³/mol. The number of imidazole rings is 1. The summed E-state index contributed by atoms with van der Waals surface area (Å²) < 4.78 is 2.37. The Morgan fingerprint density at radius 1 is 1.25 bits per heavy atom. The van der Waals surface area contributed by atoms with Gasteiger partial charge in [0.1, 0.15) is 5.82 Å². The van der Waals surface area contributed by atoms with Crippen molar-refractivity contribution in [2.45, 2.75) is 65.5 Å². The van der Waals surface area contributed by atoms with Gasteiger partial charge < -0.3 is 10.3 Å². The van der Waals surface area contributed by atoms with Gasteiger partial charge in [0.15, 0.2) is 0 Å². The van der Waals surface area contributed by atoms with Crippen molar-refractivity contribution in [3.8, 4) is 0 Å². The quantitative estimate of drug-likeness (QED) is 0.821. The Labute approximate surface area is 122 Å². The van der Waals surface area contributed by atoms with Crippen LogP contribution >= 0.6 is 0 Å². The Morgan fingerprint density at radius 2 is 2.05 bits per heavy atom. The van der Waals surface area contributed by atoms with Crippen LogP contribution in [0, 0.1) is 0 Å². The van der Waals surface area contributed by atoms with Crippen LogP contribution < -0.4 is 5.73 Å². The number of fused-ring (bicyclic) bond motifs is 1. The summed E-state index contributed by atoms with van der Waals surface area (Å²) in [7, 11) is 0. The molecule has 3 heteroatoms. The largest absolute Gasteiger partial charge is 0.328 e. The average molecular weight is 273 g/mol. The molecule has 0 radical (unpaired) electrons. The van der Waals surface area contributed by atoms with Gasteiger partial charge in [-0.3, -0.25) is 0 Å². The molecule has 1 atom stereocenters. The number of nitrogens with zero attached hydrogens (tertiary/aromatic N) is 2. The fourth-order valence-electron chi connectivity index (χ4n) is 2.93. The molecular weight excluding hydrogens is 246 g/mol. The molecule has 0 aliphatic rings. The third kappa shape index (κ3) is 2.88. The van der Waals surface area contributed by atoms with Crippen LogP contribution in [-0.4, -0.2) is 9.55 Å². The minimum absolute atomic E-state index is 0.573. The van der Waals surface area contributed by atoms with Crippen molar-refractivity contribution in [1.29, 1.82) is 0 Å². The minimum atomic E-state index is 0.573. The van der Waals surface area contributed by atoms with Gasteiger partial charge in [-0.05, 0) is 37.5 Å². The zero-order valence-electron chi connectivity index (χ0n) is 13.0. The molecule has 0 saturated carbocycles. The molecule has 0 aliphatic heterocycles. The molecule has 0 spiro atoms. The standard InChI is InChI=1S/C17H27N3/c1-4-7-8-14(5-2)17-19-15-11-13(12-18)9-10-16(15)20(17)6-3/h9-11,14H,4-8,12,18H2,1-3H3. The van der Waals surface area contributed by atoms with E-state index in [1.807, 2.05) is 0 Å². The maximum atomic E-state index is 5.74. The van der Waals surface area contributed by atoms with E-state index in [1.54, 1.807) is 0 Å². The highest BCUT2D eigenvalue weighted by atomic mass is 15.1. The Kier molecular flexibility index (Phi) is 5.18. The first-order valence-electron chi connectivity index (χ1n) is 7.94. The third-order valence-corrected chi connectivity index (χ3v) is 4.16. The van der Waals surface area contributed by atoms with Crippen molar-refractivity contribution in [2.75, 3.05) is 0 Å². The lowest BCUT2D eigenvalue weighted by Gasteiger charge is -2.15. The summed E-state index contributed by atoms with van der Waals surface area (Å²) in [6, 6.07) is 6.43. The van der Waals surface area contributed by atoms with Crippen LogP contribution in [0.2, 0.25) is 0 Å². The van der Waals surface area contributed by atoms with Gasteiger partial charge in [0.2, 0.25) is 0 Å². The average Bonchev–Trinajstić information content (AvgIpc) is 2.85. The molecule has 1 heterocycles. The highest BCUT2D eigenvalue weighted by Gasteiger charge is 2.17. The van der Waals surface area contributed by atoms with Gasteiger partial charge in [0.05, 0.1) is 11.0 Å². The second-order valence-electron chi connectivity index (χ2n) is 5.49. The summed E-state index contributed by atoms with van der Waals surface area (Å²) in [6.45, 7) is 8.29. The number of aromatic nitrogens is 2. The molecular formula is C17H27N3. The molecule has 1 unspecified atom stereocenters. The molecule has 1 aromatic heterocycles. The van der Waals surface area contributed by atoms with Gasteiger partial charge in [-0.25, -0.2) is 4.98 Å². The van der Waals surface area contributed by atoms with E-state index in [0.29, 0.717) is 12.5 Å². The van der Waals surface area contributed by atoms with Crippen LogP contribution in [0.3, 0.4) is 0 Å². The van der Waals surface area contributed by atoms with Crippen molar-refractivity contribution >= 4 is 11.0 Å². The number of unbranched alkanes of at least 4 members (excludes halogenated alkanes) is 1. The second kappa shape index (κ2) is 6.89. The van der Waals surface area contributed by atoms with E-state index in [9.17, 15) is 0 Å². The molecule has 0 aliphatic carbocycles. The number of nitrogens with two attached hydrogens (primary N) is 1. The highest BCUT2D eigenvalue weighted by molar-refractivity contribution is 5.77. The van der Waals surface area contributed by atoms with E-state index in [4.69, 9.17) is 10.7 Å². The Balaban J connectivity index is 2.45. The fourth-order valence-corrected chi connectivity index (χ4v) is 2.93. The van der Waals surface area contributed by atoms with Crippen molar-refractivity contribution in [2.24, 2.45) is 5.73 Å². The Bertz CT molecular complexity index is 557. The monoisotopic (exact) mass is 273 g/mol. The maximum absolute atomic E-state index is 5.74. The number of rotatable bonds is 7. The molecule has 20 heavy (non-hydrogen) atoms. The van der Waals surface area contributed by atoms with Gasteiger partial charge >= 0.3 is 0 Å². The van der Waals surface area contributed by atoms with E-state index < -0.39 is 0 Å². The van der Waals surface area contributed by atoms with Crippen LogP contribution in [0.1, 0.15) is 63.8 Å². The van der Waals surface area contributed by atoms with E-state index in [-0.39, 0.29) is 0 Å². The molecule has 2 N–H and O–H groups in total. The zero-order chi connectivity index (χ0) is 14.5. The van der Waals surface area contributed by atoms with Gasteiger partial charge in [-0.2, -0.15) is 0 Å². The molecule has 0 fully saturated rings. The lowest BCUT2D eigenvalue weighted by atomic mass is 9.98.